The molecule has 0 saturated heterocycles. The zero-order valence-corrected chi connectivity index (χ0v) is 10.4. The van der Waals surface area contributed by atoms with Crippen LogP contribution in [0.25, 0.3) is 0 Å². The summed E-state index contributed by atoms with van der Waals surface area (Å²) in [7, 11) is -1.88. The SMILES string of the molecule is CCc1cccc(C#N)c1N(C)S(C)(=O)=O. The number of benzene rings is 1. The van der Waals surface area contributed by atoms with Gasteiger partial charge in [-0.25, -0.2) is 8.42 Å². The summed E-state index contributed by atoms with van der Waals surface area (Å²) in [5, 5.41) is 8.98. The number of para-hydroxylation sites is 1. The Kier molecular flexibility index (Phi) is 3.55. The van der Waals surface area contributed by atoms with Gasteiger partial charge in [-0.3, -0.25) is 4.31 Å². The maximum absolute atomic E-state index is 11.5. The summed E-state index contributed by atoms with van der Waals surface area (Å²) in [5.74, 6) is 0. The summed E-state index contributed by atoms with van der Waals surface area (Å²) in [6.45, 7) is 1.93. The molecule has 0 bridgehead atoms. The van der Waals surface area contributed by atoms with Crippen LogP contribution < -0.4 is 4.31 Å². The predicted molar refractivity (Wildman–Crippen MR) is 63.8 cm³/mol. The highest BCUT2D eigenvalue weighted by atomic mass is 32.2. The predicted octanol–water partition coefficient (Wildman–Crippen LogP) is 1.52. The average Bonchev–Trinajstić information content (AvgIpc) is 2.25. The minimum Gasteiger partial charge on any atom is -0.272 e. The molecule has 0 aliphatic rings. The standard InChI is InChI=1S/C11H14N2O2S/c1-4-9-6-5-7-10(8-12)11(9)13(2)16(3,14)15/h5-7H,4H2,1-3H3. The molecule has 0 amide bonds. The highest BCUT2D eigenvalue weighted by molar-refractivity contribution is 7.92. The first-order chi connectivity index (χ1) is 7.41. The molecule has 0 aliphatic carbocycles. The van der Waals surface area contributed by atoms with Crippen molar-refractivity contribution in [3.63, 3.8) is 0 Å². The lowest BCUT2D eigenvalue weighted by Gasteiger charge is -2.20. The van der Waals surface area contributed by atoms with Crippen LogP contribution in [-0.2, 0) is 16.4 Å². The topological polar surface area (TPSA) is 61.2 Å². The van der Waals surface area contributed by atoms with Crippen molar-refractivity contribution in [3.05, 3.63) is 29.3 Å². The lowest BCUT2D eigenvalue weighted by Crippen LogP contribution is -2.26. The highest BCUT2D eigenvalue weighted by Crippen LogP contribution is 2.26. The molecular formula is C11H14N2O2S. The van der Waals surface area contributed by atoms with E-state index in [1.54, 1.807) is 12.1 Å². The van der Waals surface area contributed by atoms with Gasteiger partial charge in [0.2, 0.25) is 10.0 Å². The molecule has 1 rings (SSSR count). The minimum absolute atomic E-state index is 0.382. The number of sulfonamides is 1. The van der Waals surface area contributed by atoms with Gasteiger partial charge in [-0.05, 0) is 18.1 Å². The van der Waals surface area contributed by atoms with Crippen molar-refractivity contribution in [1.82, 2.24) is 0 Å². The summed E-state index contributed by atoms with van der Waals surface area (Å²) < 4.78 is 24.1. The maximum Gasteiger partial charge on any atom is 0.232 e. The lowest BCUT2D eigenvalue weighted by molar-refractivity contribution is 0.600. The number of hydrogen-bond donors (Lipinski definition) is 0. The third-order valence-corrected chi connectivity index (χ3v) is 3.61. The quantitative estimate of drug-likeness (QED) is 0.802. The number of anilines is 1. The third kappa shape index (κ3) is 2.34. The van der Waals surface area contributed by atoms with Gasteiger partial charge in [0.25, 0.3) is 0 Å². The van der Waals surface area contributed by atoms with Gasteiger partial charge in [0, 0.05) is 7.05 Å². The first-order valence-electron chi connectivity index (χ1n) is 4.87. The monoisotopic (exact) mass is 238 g/mol. The van der Waals surface area contributed by atoms with Gasteiger partial charge in [0.1, 0.15) is 6.07 Å². The van der Waals surface area contributed by atoms with Crippen molar-refractivity contribution in [2.75, 3.05) is 17.6 Å². The van der Waals surface area contributed by atoms with E-state index >= 15 is 0 Å². The number of nitrogens with zero attached hydrogens (tertiary/aromatic N) is 2. The number of rotatable bonds is 3. The fourth-order valence-electron chi connectivity index (χ4n) is 1.50. The van der Waals surface area contributed by atoms with E-state index < -0.39 is 10.0 Å². The normalized spacial score (nSPS) is 10.9. The Balaban J connectivity index is 3.48. The van der Waals surface area contributed by atoms with Gasteiger partial charge in [-0.1, -0.05) is 19.1 Å². The molecule has 0 N–H and O–H groups in total. The Morgan fingerprint density at radius 2 is 2.06 bits per heavy atom. The summed E-state index contributed by atoms with van der Waals surface area (Å²) >= 11 is 0. The highest BCUT2D eigenvalue weighted by Gasteiger charge is 2.18. The largest absolute Gasteiger partial charge is 0.272 e. The van der Waals surface area contributed by atoms with Crippen LogP contribution in [0.3, 0.4) is 0 Å². The summed E-state index contributed by atoms with van der Waals surface area (Å²) in [4.78, 5) is 0. The Labute approximate surface area is 96.2 Å². The molecule has 1 aromatic carbocycles. The van der Waals surface area contributed by atoms with E-state index in [4.69, 9.17) is 5.26 Å². The molecule has 0 radical (unpaired) electrons. The molecule has 0 aliphatic heterocycles. The smallest absolute Gasteiger partial charge is 0.232 e. The van der Waals surface area contributed by atoms with Crippen molar-refractivity contribution < 1.29 is 8.42 Å². The second-order valence-corrected chi connectivity index (χ2v) is 5.52. The van der Waals surface area contributed by atoms with E-state index in [1.165, 1.54) is 7.05 Å². The van der Waals surface area contributed by atoms with E-state index in [-0.39, 0.29) is 0 Å². The van der Waals surface area contributed by atoms with Gasteiger partial charge in [-0.2, -0.15) is 5.26 Å². The zero-order valence-electron chi connectivity index (χ0n) is 9.56. The molecule has 0 aromatic heterocycles. The lowest BCUT2D eigenvalue weighted by atomic mass is 10.1. The Bertz CT molecular complexity index is 529. The van der Waals surface area contributed by atoms with Crippen LogP contribution in [0, 0.1) is 11.3 Å². The fraction of sp³-hybridized carbons (Fsp3) is 0.364. The molecule has 16 heavy (non-hydrogen) atoms. The molecule has 5 heteroatoms. The first-order valence-corrected chi connectivity index (χ1v) is 6.72. The van der Waals surface area contributed by atoms with Gasteiger partial charge < -0.3 is 0 Å². The summed E-state index contributed by atoms with van der Waals surface area (Å²) in [5.41, 5.74) is 1.72. The average molecular weight is 238 g/mol. The van der Waals surface area contributed by atoms with Crippen molar-refractivity contribution >= 4 is 15.7 Å². The maximum atomic E-state index is 11.5. The molecule has 0 spiro atoms. The summed E-state index contributed by atoms with van der Waals surface area (Å²) in [6, 6.07) is 7.23. The van der Waals surface area contributed by atoms with Crippen molar-refractivity contribution in [2.24, 2.45) is 0 Å². The van der Waals surface area contributed by atoms with E-state index in [1.807, 2.05) is 19.1 Å². The summed E-state index contributed by atoms with van der Waals surface area (Å²) in [6.07, 6.45) is 1.81. The van der Waals surface area contributed by atoms with E-state index in [0.717, 1.165) is 16.1 Å². The van der Waals surface area contributed by atoms with E-state index in [9.17, 15) is 8.42 Å². The van der Waals surface area contributed by atoms with Gasteiger partial charge >= 0.3 is 0 Å². The van der Waals surface area contributed by atoms with Gasteiger partial charge in [0.15, 0.2) is 0 Å². The number of nitriles is 1. The molecule has 0 atom stereocenters. The van der Waals surface area contributed by atoms with Crippen LogP contribution in [0.4, 0.5) is 5.69 Å². The Hall–Kier alpha value is -1.54. The van der Waals surface area contributed by atoms with Crippen LogP contribution in [0.2, 0.25) is 0 Å². The molecule has 0 unspecified atom stereocenters. The zero-order chi connectivity index (χ0) is 12.3. The van der Waals surface area contributed by atoms with Crippen LogP contribution >= 0.6 is 0 Å². The van der Waals surface area contributed by atoms with Crippen LogP contribution in [-0.4, -0.2) is 21.7 Å². The van der Waals surface area contributed by atoms with Crippen molar-refractivity contribution in [2.45, 2.75) is 13.3 Å². The molecule has 0 fully saturated rings. The Morgan fingerprint density at radius 3 is 2.50 bits per heavy atom. The number of aryl methyl sites for hydroxylation is 1. The minimum atomic E-state index is -3.34. The van der Waals surface area contributed by atoms with E-state index in [2.05, 4.69) is 0 Å². The second kappa shape index (κ2) is 4.54. The molecule has 1 aromatic rings. The Morgan fingerprint density at radius 1 is 1.44 bits per heavy atom. The fourth-order valence-corrected chi connectivity index (χ4v) is 2.05. The van der Waals surface area contributed by atoms with Crippen molar-refractivity contribution in [3.8, 4) is 6.07 Å². The third-order valence-electron chi connectivity index (χ3n) is 2.43. The first kappa shape index (κ1) is 12.5. The van der Waals surface area contributed by atoms with Gasteiger partial charge in [0.05, 0.1) is 17.5 Å². The van der Waals surface area contributed by atoms with Crippen molar-refractivity contribution in [1.29, 1.82) is 5.26 Å². The second-order valence-electron chi connectivity index (χ2n) is 3.51. The molecule has 0 heterocycles. The molecule has 0 saturated carbocycles. The van der Waals surface area contributed by atoms with Gasteiger partial charge in [-0.15, -0.1) is 0 Å². The molecule has 4 nitrogen and oxygen atoms in total. The van der Waals surface area contributed by atoms with Crippen LogP contribution in [0.5, 0.6) is 0 Å². The molecular weight excluding hydrogens is 224 g/mol. The number of hydrogen-bond acceptors (Lipinski definition) is 3. The van der Waals surface area contributed by atoms with E-state index in [0.29, 0.717) is 17.7 Å². The molecule has 86 valence electrons. The van der Waals surface area contributed by atoms with Crippen LogP contribution in [0.1, 0.15) is 18.1 Å². The van der Waals surface area contributed by atoms with Crippen LogP contribution in [0.15, 0.2) is 18.2 Å².